The Balaban J connectivity index is 1.42. The quantitative estimate of drug-likeness (QED) is 0.549. The molecule has 1 aromatic carbocycles. The first kappa shape index (κ1) is 19.6. The molecule has 148 valence electrons. The molecule has 0 unspecified atom stereocenters. The van der Waals surface area contributed by atoms with Crippen molar-refractivity contribution < 1.29 is 9.53 Å². The summed E-state index contributed by atoms with van der Waals surface area (Å²) in [5.74, 6) is 0.379. The molecule has 0 radical (unpaired) electrons. The van der Waals surface area contributed by atoms with Crippen molar-refractivity contribution >= 4 is 23.1 Å². The molecule has 3 N–H and O–H groups in total. The van der Waals surface area contributed by atoms with Crippen molar-refractivity contribution in [3.05, 3.63) is 48.5 Å². The van der Waals surface area contributed by atoms with Crippen molar-refractivity contribution in [2.75, 3.05) is 12.3 Å². The van der Waals surface area contributed by atoms with Crippen molar-refractivity contribution in [1.29, 1.82) is 0 Å². The summed E-state index contributed by atoms with van der Waals surface area (Å²) in [6.45, 7) is 3.19. The lowest BCUT2D eigenvalue weighted by Gasteiger charge is -2.18. The lowest BCUT2D eigenvalue weighted by Crippen LogP contribution is -2.29. The van der Waals surface area contributed by atoms with E-state index in [1.54, 1.807) is 6.33 Å². The normalized spacial score (nSPS) is 12.0. The molecule has 0 bridgehead atoms. The Kier molecular flexibility index (Phi) is 6.78. The van der Waals surface area contributed by atoms with E-state index in [0.717, 1.165) is 43.4 Å². The standard InChI is InChI=1S/C20H26N6O2/c1-2-8-16(15-9-4-3-5-10-15)25-20(27)28-12-7-6-11-26-14-24-17-18(21)22-13-23-19(17)26/h3-5,9-10,13-14,16H,2,6-8,11-12H2,1H3,(H,25,27)(H2,21,22,23)/t16-/m1/s1. The van der Waals surface area contributed by atoms with Gasteiger partial charge in [0.15, 0.2) is 11.5 Å². The molecule has 0 aliphatic rings. The molecule has 28 heavy (non-hydrogen) atoms. The van der Waals surface area contributed by atoms with Crippen LogP contribution in [-0.4, -0.2) is 32.2 Å². The molecule has 0 saturated carbocycles. The average Bonchev–Trinajstić information content (AvgIpc) is 3.12. The lowest BCUT2D eigenvalue weighted by atomic mass is 10.0. The van der Waals surface area contributed by atoms with Crippen LogP contribution in [0.2, 0.25) is 0 Å². The van der Waals surface area contributed by atoms with Crippen LogP contribution in [0.4, 0.5) is 10.6 Å². The number of nitrogen functional groups attached to an aromatic ring is 1. The number of nitrogens with two attached hydrogens (primary N) is 1. The number of hydrogen-bond donors (Lipinski definition) is 2. The van der Waals surface area contributed by atoms with Crippen LogP contribution < -0.4 is 11.1 Å². The molecule has 1 amide bonds. The van der Waals surface area contributed by atoms with Gasteiger partial charge in [0, 0.05) is 6.54 Å². The van der Waals surface area contributed by atoms with Gasteiger partial charge in [0.25, 0.3) is 0 Å². The number of aromatic nitrogens is 4. The number of alkyl carbamates (subject to hydrolysis) is 1. The monoisotopic (exact) mass is 382 g/mol. The zero-order valence-electron chi connectivity index (χ0n) is 16.0. The summed E-state index contributed by atoms with van der Waals surface area (Å²) in [5, 5.41) is 2.96. The van der Waals surface area contributed by atoms with Crippen LogP contribution in [0, 0.1) is 0 Å². The lowest BCUT2D eigenvalue weighted by molar-refractivity contribution is 0.139. The first-order valence-electron chi connectivity index (χ1n) is 9.58. The fourth-order valence-electron chi connectivity index (χ4n) is 3.09. The number of hydrogen-bond acceptors (Lipinski definition) is 6. The first-order chi connectivity index (χ1) is 13.7. The highest BCUT2D eigenvalue weighted by Gasteiger charge is 2.14. The van der Waals surface area contributed by atoms with Gasteiger partial charge in [-0.15, -0.1) is 0 Å². The van der Waals surface area contributed by atoms with Crippen molar-refractivity contribution in [3.8, 4) is 0 Å². The maximum absolute atomic E-state index is 12.1. The SMILES string of the molecule is CCC[C@@H](NC(=O)OCCCCn1cnc2c(N)ncnc21)c1ccccc1. The first-order valence-corrected chi connectivity index (χ1v) is 9.58. The van der Waals surface area contributed by atoms with E-state index in [1.807, 2.05) is 34.9 Å². The molecule has 3 aromatic rings. The van der Waals surface area contributed by atoms with E-state index in [-0.39, 0.29) is 12.1 Å². The van der Waals surface area contributed by atoms with Crippen LogP contribution in [0.1, 0.15) is 44.2 Å². The Morgan fingerprint density at radius 1 is 1.21 bits per heavy atom. The van der Waals surface area contributed by atoms with E-state index in [9.17, 15) is 4.79 Å². The molecule has 8 heteroatoms. The summed E-state index contributed by atoms with van der Waals surface area (Å²) in [5.41, 5.74) is 8.21. The smallest absolute Gasteiger partial charge is 0.407 e. The third-order valence-corrected chi connectivity index (χ3v) is 4.53. The van der Waals surface area contributed by atoms with E-state index in [4.69, 9.17) is 10.5 Å². The topological polar surface area (TPSA) is 108 Å². The summed E-state index contributed by atoms with van der Waals surface area (Å²) in [7, 11) is 0. The highest BCUT2D eigenvalue weighted by Crippen LogP contribution is 2.18. The Morgan fingerprint density at radius 2 is 2.04 bits per heavy atom. The predicted octanol–water partition coefficient (Wildman–Crippen LogP) is 3.46. The van der Waals surface area contributed by atoms with Gasteiger partial charge in [-0.25, -0.2) is 19.7 Å². The maximum Gasteiger partial charge on any atom is 0.407 e. The summed E-state index contributed by atoms with van der Waals surface area (Å²) in [4.78, 5) is 24.5. The Hall–Kier alpha value is -3.16. The molecule has 2 aromatic heterocycles. The zero-order valence-corrected chi connectivity index (χ0v) is 16.0. The number of ether oxygens (including phenoxy) is 1. The van der Waals surface area contributed by atoms with Crippen LogP contribution in [0.15, 0.2) is 43.0 Å². The number of nitrogens with zero attached hydrogens (tertiary/aromatic N) is 4. The van der Waals surface area contributed by atoms with E-state index in [1.165, 1.54) is 6.33 Å². The highest BCUT2D eigenvalue weighted by molar-refractivity contribution is 5.81. The Bertz CT molecular complexity index is 896. The van der Waals surface area contributed by atoms with Crippen LogP contribution >= 0.6 is 0 Å². The van der Waals surface area contributed by atoms with Gasteiger partial charge in [0.1, 0.15) is 11.8 Å². The van der Waals surface area contributed by atoms with Crippen LogP contribution in [-0.2, 0) is 11.3 Å². The third-order valence-electron chi connectivity index (χ3n) is 4.53. The van der Waals surface area contributed by atoms with E-state index < -0.39 is 0 Å². The van der Waals surface area contributed by atoms with Crippen molar-refractivity contribution in [2.45, 2.75) is 45.2 Å². The predicted molar refractivity (Wildman–Crippen MR) is 108 cm³/mol. The van der Waals surface area contributed by atoms with Crippen LogP contribution in [0.5, 0.6) is 0 Å². The zero-order chi connectivity index (χ0) is 19.8. The third kappa shape index (κ3) is 4.97. The Morgan fingerprint density at radius 3 is 2.82 bits per heavy atom. The van der Waals surface area contributed by atoms with Crippen LogP contribution in [0.3, 0.4) is 0 Å². The van der Waals surface area contributed by atoms with E-state index in [0.29, 0.717) is 17.9 Å². The minimum Gasteiger partial charge on any atom is -0.450 e. The van der Waals surface area contributed by atoms with Gasteiger partial charge in [-0.1, -0.05) is 43.7 Å². The summed E-state index contributed by atoms with van der Waals surface area (Å²) in [6.07, 6.45) is 6.19. The van der Waals surface area contributed by atoms with Crippen molar-refractivity contribution in [3.63, 3.8) is 0 Å². The number of benzene rings is 1. The minimum absolute atomic E-state index is 0.0267. The van der Waals surface area contributed by atoms with E-state index >= 15 is 0 Å². The fourth-order valence-corrected chi connectivity index (χ4v) is 3.09. The number of carbonyl (C=O) groups excluding carboxylic acids is 1. The molecule has 0 fully saturated rings. The number of fused-ring (bicyclic) bond motifs is 1. The number of nitrogens with one attached hydrogen (secondary N) is 1. The highest BCUT2D eigenvalue weighted by atomic mass is 16.5. The second kappa shape index (κ2) is 9.68. The number of rotatable bonds is 9. The van der Waals surface area contributed by atoms with Gasteiger partial charge >= 0.3 is 6.09 Å². The largest absolute Gasteiger partial charge is 0.450 e. The number of unbranched alkanes of at least 4 members (excludes halogenated alkanes) is 1. The molecule has 0 saturated heterocycles. The number of anilines is 1. The van der Waals surface area contributed by atoms with Gasteiger partial charge in [-0.2, -0.15) is 0 Å². The second-order valence-corrected chi connectivity index (χ2v) is 6.61. The van der Waals surface area contributed by atoms with E-state index in [2.05, 4.69) is 27.2 Å². The van der Waals surface area contributed by atoms with Gasteiger partial charge in [-0.3, -0.25) is 0 Å². The van der Waals surface area contributed by atoms with Crippen molar-refractivity contribution in [1.82, 2.24) is 24.8 Å². The minimum atomic E-state index is -0.379. The van der Waals surface area contributed by atoms with Crippen molar-refractivity contribution in [2.24, 2.45) is 0 Å². The molecule has 0 spiro atoms. The maximum atomic E-state index is 12.1. The number of aryl methyl sites for hydroxylation is 1. The number of amides is 1. The second-order valence-electron chi connectivity index (χ2n) is 6.61. The molecule has 1 atom stereocenters. The molecule has 3 rings (SSSR count). The van der Waals surface area contributed by atoms with Gasteiger partial charge in [-0.05, 0) is 24.8 Å². The number of carbonyl (C=O) groups is 1. The average molecular weight is 382 g/mol. The summed E-state index contributed by atoms with van der Waals surface area (Å²) in [6, 6.07) is 9.93. The summed E-state index contributed by atoms with van der Waals surface area (Å²) < 4.78 is 7.28. The molecule has 0 aliphatic carbocycles. The fraction of sp³-hybridized carbons (Fsp3) is 0.400. The molecule has 0 aliphatic heterocycles. The van der Waals surface area contributed by atoms with Gasteiger partial charge in [0.05, 0.1) is 19.0 Å². The molecular weight excluding hydrogens is 356 g/mol. The van der Waals surface area contributed by atoms with Crippen LogP contribution in [0.25, 0.3) is 11.2 Å². The molecule has 8 nitrogen and oxygen atoms in total. The molecular formula is C20H26N6O2. The van der Waals surface area contributed by atoms with Gasteiger partial charge < -0.3 is 20.4 Å². The van der Waals surface area contributed by atoms with Gasteiger partial charge in [0.2, 0.25) is 0 Å². The summed E-state index contributed by atoms with van der Waals surface area (Å²) >= 11 is 0. The molecule has 2 heterocycles. The number of imidazole rings is 1. The Labute approximate surface area is 164 Å².